The molecule has 0 aliphatic rings. The first-order valence-corrected chi connectivity index (χ1v) is 8.76. The monoisotopic (exact) mass is 344 g/mol. The zero-order chi connectivity index (χ0) is 16.2. The fraction of sp³-hybridized carbons (Fsp3) is 0.125. The van der Waals surface area contributed by atoms with E-state index >= 15 is 0 Å². The van der Waals surface area contributed by atoms with Gasteiger partial charge in [-0.25, -0.2) is 4.98 Å². The second-order valence-corrected chi connectivity index (χ2v) is 6.74. The zero-order valence-electron chi connectivity index (χ0n) is 11.9. The van der Waals surface area contributed by atoms with E-state index in [0.29, 0.717) is 21.8 Å². The number of rotatable bonds is 5. The van der Waals surface area contributed by atoms with Crippen molar-refractivity contribution in [1.29, 1.82) is 0 Å². The van der Waals surface area contributed by atoms with E-state index in [2.05, 4.69) is 9.97 Å². The highest BCUT2D eigenvalue weighted by molar-refractivity contribution is 7.99. The van der Waals surface area contributed by atoms with Crippen LogP contribution < -0.4 is 5.56 Å². The molecule has 0 aliphatic carbocycles. The van der Waals surface area contributed by atoms with Gasteiger partial charge in [-0.1, -0.05) is 18.2 Å². The number of benzene rings is 1. The van der Waals surface area contributed by atoms with E-state index in [1.165, 1.54) is 23.1 Å². The topological polar surface area (TPSA) is 80.1 Å². The molecule has 0 spiro atoms. The van der Waals surface area contributed by atoms with E-state index in [9.17, 15) is 9.59 Å². The summed E-state index contributed by atoms with van der Waals surface area (Å²) in [7, 11) is 0. The number of pyridine rings is 1. The molecule has 1 N–H and O–H groups in total. The average Bonchev–Trinajstić information content (AvgIpc) is 2.55. The van der Waals surface area contributed by atoms with Crippen LogP contribution >= 0.6 is 23.1 Å². The second-order valence-electron chi connectivity index (χ2n) is 4.72. The van der Waals surface area contributed by atoms with Crippen LogP contribution in [0.25, 0.3) is 20.8 Å². The summed E-state index contributed by atoms with van der Waals surface area (Å²) in [6, 6.07) is 12.8. The van der Waals surface area contributed by atoms with Crippen molar-refractivity contribution in [2.75, 3.05) is 5.75 Å². The molecule has 0 atom stereocenters. The van der Waals surface area contributed by atoms with E-state index in [0.717, 1.165) is 10.4 Å². The number of hydrogen-bond donors (Lipinski definition) is 1. The van der Waals surface area contributed by atoms with Crippen LogP contribution in [-0.2, 0) is 10.5 Å². The highest BCUT2D eigenvalue weighted by Gasteiger charge is 2.08. The van der Waals surface area contributed by atoms with Crippen molar-refractivity contribution in [3.8, 4) is 10.7 Å². The number of aliphatic carboxylic acids is 1. The van der Waals surface area contributed by atoms with Gasteiger partial charge in [-0.15, -0.1) is 23.1 Å². The van der Waals surface area contributed by atoms with E-state index < -0.39 is 5.97 Å². The van der Waals surface area contributed by atoms with Crippen LogP contribution in [-0.4, -0.2) is 26.8 Å². The molecule has 3 aromatic rings. The molecule has 0 unspecified atom stereocenters. The summed E-state index contributed by atoms with van der Waals surface area (Å²) in [5, 5.41) is 9.85. The molecule has 0 saturated heterocycles. The van der Waals surface area contributed by atoms with Crippen LogP contribution in [0.4, 0.5) is 0 Å². The molecule has 5 nitrogen and oxygen atoms in total. The Balaban J connectivity index is 1.92. The third kappa shape index (κ3) is 3.75. The molecular weight excluding hydrogens is 332 g/mol. The largest absolute Gasteiger partial charge is 0.481 e. The first kappa shape index (κ1) is 15.6. The first-order chi connectivity index (χ1) is 11.1. The molecule has 0 fully saturated rings. The summed E-state index contributed by atoms with van der Waals surface area (Å²) in [6.07, 6.45) is 0. The number of hydrogen-bond acceptors (Lipinski definition) is 6. The minimum Gasteiger partial charge on any atom is -0.481 e. The predicted molar refractivity (Wildman–Crippen MR) is 92.9 cm³/mol. The number of thioether (sulfide) groups is 1. The zero-order valence-corrected chi connectivity index (χ0v) is 13.6. The second kappa shape index (κ2) is 6.89. The van der Waals surface area contributed by atoms with E-state index in [4.69, 9.17) is 5.11 Å². The molecular formula is C16H12N2O3S2. The fourth-order valence-electron chi connectivity index (χ4n) is 2.04. The number of aromatic nitrogens is 2. The SMILES string of the molecule is O=C(O)CSCc1cccc(-c2nc(=O)c3ccccc3s2)n1. The summed E-state index contributed by atoms with van der Waals surface area (Å²) >= 11 is 2.70. The van der Waals surface area contributed by atoms with Gasteiger partial charge in [0.2, 0.25) is 0 Å². The van der Waals surface area contributed by atoms with Crippen molar-refractivity contribution in [3.63, 3.8) is 0 Å². The maximum atomic E-state index is 12.1. The van der Waals surface area contributed by atoms with Gasteiger partial charge in [0.05, 0.1) is 22.5 Å². The molecule has 0 aliphatic heterocycles. The molecule has 0 bridgehead atoms. The predicted octanol–water partition coefficient (Wildman–Crippen LogP) is 3.04. The van der Waals surface area contributed by atoms with E-state index in [1.807, 2.05) is 30.3 Å². The number of carboxylic acids is 1. The first-order valence-electron chi connectivity index (χ1n) is 6.79. The summed E-state index contributed by atoms with van der Waals surface area (Å²) in [5.74, 6) is -0.309. The van der Waals surface area contributed by atoms with Gasteiger partial charge < -0.3 is 5.11 Å². The average molecular weight is 344 g/mol. The van der Waals surface area contributed by atoms with Gasteiger partial charge in [-0.2, -0.15) is 4.98 Å². The Bertz CT molecular complexity index is 924. The van der Waals surface area contributed by atoms with Crippen LogP contribution in [0.2, 0.25) is 0 Å². The quantitative estimate of drug-likeness (QED) is 0.766. The normalized spacial score (nSPS) is 10.8. The number of nitrogens with zero attached hydrogens (tertiary/aromatic N) is 2. The maximum absolute atomic E-state index is 12.1. The van der Waals surface area contributed by atoms with E-state index in [1.54, 1.807) is 12.1 Å². The molecule has 3 rings (SSSR count). The van der Waals surface area contributed by atoms with Crippen molar-refractivity contribution in [3.05, 3.63) is 58.5 Å². The molecule has 2 aromatic heterocycles. The summed E-state index contributed by atoms with van der Waals surface area (Å²) < 4.78 is 0.870. The third-order valence-corrected chi connectivity index (χ3v) is 5.05. The number of fused-ring (bicyclic) bond motifs is 1. The maximum Gasteiger partial charge on any atom is 0.313 e. The number of carboxylic acid groups (broad SMARTS) is 1. The highest BCUT2D eigenvalue weighted by atomic mass is 32.2. The van der Waals surface area contributed by atoms with Gasteiger partial charge in [0.25, 0.3) is 5.56 Å². The molecule has 0 radical (unpaired) electrons. The molecule has 0 amide bonds. The third-order valence-electron chi connectivity index (χ3n) is 3.03. The smallest absolute Gasteiger partial charge is 0.313 e. The molecule has 2 heterocycles. The fourth-order valence-corrected chi connectivity index (χ4v) is 3.66. The summed E-state index contributed by atoms with van der Waals surface area (Å²) in [4.78, 5) is 31.3. The van der Waals surface area contributed by atoms with E-state index in [-0.39, 0.29) is 11.3 Å². The lowest BCUT2D eigenvalue weighted by Crippen LogP contribution is -2.06. The lowest BCUT2D eigenvalue weighted by molar-refractivity contribution is -0.133. The molecule has 0 saturated carbocycles. The summed E-state index contributed by atoms with van der Waals surface area (Å²) in [5.41, 5.74) is 1.14. The van der Waals surface area contributed by atoms with Crippen molar-refractivity contribution < 1.29 is 9.90 Å². The van der Waals surface area contributed by atoms with Crippen LogP contribution in [0, 0.1) is 0 Å². The highest BCUT2D eigenvalue weighted by Crippen LogP contribution is 2.25. The Morgan fingerprint density at radius 1 is 1.13 bits per heavy atom. The van der Waals surface area contributed by atoms with Gasteiger partial charge in [0.15, 0.2) is 0 Å². The van der Waals surface area contributed by atoms with Crippen molar-refractivity contribution in [1.82, 2.24) is 9.97 Å². The van der Waals surface area contributed by atoms with Crippen molar-refractivity contribution >= 4 is 39.2 Å². The van der Waals surface area contributed by atoms with Crippen molar-refractivity contribution in [2.24, 2.45) is 0 Å². The molecule has 116 valence electrons. The van der Waals surface area contributed by atoms with Crippen LogP contribution in [0.3, 0.4) is 0 Å². The van der Waals surface area contributed by atoms with Crippen LogP contribution in [0.5, 0.6) is 0 Å². The Morgan fingerprint density at radius 3 is 2.78 bits per heavy atom. The minimum atomic E-state index is -0.847. The Morgan fingerprint density at radius 2 is 1.96 bits per heavy atom. The Kier molecular flexibility index (Phi) is 4.68. The number of carbonyl (C=O) groups is 1. The Hall–Kier alpha value is -2.25. The van der Waals surface area contributed by atoms with Gasteiger partial charge in [0.1, 0.15) is 5.01 Å². The molecule has 1 aromatic carbocycles. The standard InChI is InChI=1S/C16H12N2O3S2/c19-14(20)9-22-8-10-4-3-6-12(17-10)16-18-15(21)11-5-1-2-7-13(11)23-16/h1-7H,8-9H2,(H,19,20). The lowest BCUT2D eigenvalue weighted by Gasteiger charge is -2.04. The minimum absolute atomic E-state index is 0.0352. The van der Waals surface area contributed by atoms with Gasteiger partial charge in [-0.3, -0.25) is 9.59 Å². The van der Waals surface area contributed by atoms with Crippen LogP contribution in [0.1, 0.15) is 5.69 Å². The lowest BCUT2D eigenvalue weighted by atomic mass is 10.3. The van der Waals surface area contributed by atoms with Crippen LogP contribution in [0.15, 0.2) is 47.3 Å². The molecule has 23 heavy (non-hydrogen) atoms. The van der Waals surface area contributed by atoms with Gasteiger partial charge in [-0.05, 0) is 24.3 Å². The van der Waals surface area contributed by atoms with Gasteiger partial charge in [0, 0.05) is 10.5 Å². The summed E-state index contributed by atoms with van der Waals surface area (Å²) in [6.45, 7) is 0. The Labute approximate surface area is 140 Å². The van der Waals surface area contributed by atoms with Gasteiger partial charge >= 0.3 is 5.97 Å². The molecule has 7 heteroatoms. The van der Waals surface area contributed by atoms with Crippen molar-refractivity contribution in [2.45, 2.75) is 5.75 Å².